The maximum absolute atomic E-state index is 12.3. The minimum absolute atomic E-state index is 0.167. The highest BCUT2D eigenvalue weighted by atomic mass is 35.5. The van der Waals surface area contributed by atoms with Crippen molar-refractivity contribution in [2.45, 2.75) is 58.8 Å². The summed E-state index contributed by atoms with van der Waals surface area (Å²) in [6.45, 7) is 8.69. The van der Waals surface area contributed by atoms with Crippen LogP contribution in [0.3, 0.4) is 0 Å². The van der Waals surface area contributed by atoms with Gasteiger partial charge in [-0.1, -0.05) is 29.3 Å². The molecule has 24 heavy (non-hydrogen) atoms. The summed E-state index contributed by atoms with van der Waals surface area (Å²) >= 11 is 12.0. The molecule has 0 aliphatic heterocycles. The molecule has 1 aromatic rings. The standard InChI is InChI=1S/C17H23Cl2NO4/c1-10(2)23-15(21)14(20-16(22)24-17(3,4)5)8-11-6-7-12(18)9-13(11)19/h6-7,9-10,14H,8H2,1-5H3,(H,20,22)/t14-/m0/s1. The van der Waals surface area contributed by atoms with Crippen LogP contribution in [0.4, 0.5) is 4.79 Å². The Kier molecular flexibility index (Phi) is 7.36. The van der Waals surface area contributed by atoms with Crippen LogP contribution in [0, 0.1) is 0 Å². The van der Waals surface area contributed by atoms with E-state index < -0.39 is 23.7 Å². The number of carbonyl (C=O) groups excluding carboxylic acids is 2. The van der Waals surface area contributed by atoms with Gasteiger partial charge in [0.15, 0.2) is 0 Å². The van der Waals surface area contributed by atoms with E-state index in [0.29, 0.717) is 15.6 Å². The Hall–Kier alpha value is -1.46. The number of hydrogen-bond acceptors (Lipinski definition) is 4. The predicted octanol–water partition coefficient (Wildman–Crippen LogP) is 4.38. The number of ether oxygens (including phenoxy) is 2. The fourth-order valence-electron chi connectivity index (χ4n) is 1.86. The monoisotopic (exact) mass is 375 g/mol. The SMILES string of the molecule is CC(C)OC(=O)[C@H](Cc1ccc(Cl)cc1Cl)NC(=O)OC(C)(C)C. The van der Waals surface area contributed by atoms with E-state index in [1.54, 1.807) is 52.8 Å². The van der Waals surface area contributed by atoms with Crippen LogP contribution >= 0.6 is 23.2 Å². The van der Waals surface area contributed by atoms with Crippen molar-refractivity contribution in [1.29, 1.82) is 0 Å². The van der Waals surface area contributed by atoms with Crippen molar-refractivity contribution in [3.63, 3.8) is 0 Å². The van der Waals surface area contributed by atoms with Crippen LogP contribution < -0.4 is 5.32 Å². The molecule has 0 saturated carbocycles. The fourth-order valence-corrected chi connectivity index (χ4v) is 2.35. The average Bonchev–Trinajstić information content (AvgIpc) is 2.37. The highest BCUT2D eigenvalue weighted by Gasteiger charge is 2.27. The van der Waals surface area contributed by atoms with Crippen LogP contribution in [0.25, 0.3) is 0 Å². The smallest absolute Gasteiger partial charge is 0.408 e. The Balaban J connectivity index is 2.92. The zero-order chi connectivity index (χ0) is 18.5. The second-order valence-electron chi connectivity index (χ2n) is 6.62. The number of carbonyl (C=O) groups is 2. The molecule has 5 nitrogen and oxygen atoms in total. The van der Waals surface area contributed by atoms with Crippen molar-refractivity contribution < 1.29 is 19.1 Å². The number of hydrogen-bond donors (Lipinski definition) is 1. The van der Waals surface area contributed by atoms with E-state index >= 15 is 0 Å². The maximum Gasteiger partial charge on any atom is 0.408 e. The molecule has 0 fully saturated rings. The van der Waals surface area contributed by atoms with Gasteiger partial charge in [0.1, 0.15) is 11.6 Å². The van der Waals surface area contributed by atoms with Gasteiger partial charge >= 0.3 is 12.1 Å². The third kappa shape index (κ3) is 7.41. The fraction of sp³-hybridized carbons (Fsp3) is 0.529. The van der Waals surface area contributed by atoms with Crippen LogP contribution in [0.1, 0.15) is 40.2 Å². The van der Waals surface area contributed by atoms with Gasteiger partial charge in [-0.2, -0.15) is 0 Å². The first kappa shape index (κ1) is 20.6. The van der Waals surface area contributed by atoms with E-state index in [4.69, 9.17) is 32.7 Å². The van der Waals surface area contributed by atoms with E-state index in [2.05, 4.69) is 5.32 Å². The van der Waals surface area contributed by atoms with Gasteiger partial charge in [0, 0.05) is 16.5 Å². The van der Waals surface area contributed by atoms with Crippen LogP contribution in [-0.2, 0) is 20.7 Å². The number of esters is 1. The van der Waals surface area contributed by atoms with Crippen LogP contribution in [0.15, 0.2) is 18.2 Å². The minimum Gasteiger partial charge on any atom is -0.461 e. The zero-order valence-corrected chi connectivity index (χ0v) is 16.0. The Morgan fingerprint density at radius 3 is 2.33 bits per heavy atom. The minimum atomic E-state index is -0.916. The van der Waals surface area contributed by atoms with Crippen molar-refractivity contribution in [2.24, 2.45) is 0 Å². The average molecular weight is 376 g/mol. The lowest BCUT2D eigenvalue weighted by molar-refractivity contribution is -0.149. The van der Waals surface area contributed by atoms with E-state index in [0.717, 1.165) is 0 Å². The molecule has 1 aromatic carbocycles. The molecule has 1 amide bonds. The van der Waals surface area contributed by atoms with E-state index in [-0.39, 0.29) is 12.5 Å². The van der Waals surface area contributed by atoms with Gasteiger partial charge in [0.05, 0.1) is 6.10 Å². The van der Waals surface area contributed by atoms with E-state index in [1.807, 2.05) is 0 Å². The normalized spacial score (nSPS) is 12.7. The van der Waals surface area contributed by atoms with Crippen molar-refractivity contribution in [3.05, 3.63) is 33.8 Å². The Bertz CT molecular complexity index is 597. The van der Waals surface area contributed by atoms with E-state index in [9.17, 15) is 9.59 Å². The summed E-state index contributed by atoms with van der Waals surface area (Å²) in [7, 11) is 0. The molecule has 0 aliphatic carbocycles. The molecule has 0 spiro atoms. The Morgan fingerprint density at radius 1 is 1.21 bits per heavy atom. The number of alkyl carbamates (subject to hydrolysis) is 1. The van der Waals surface area contributed by atoms with Crippen molar-refractivity contribution >= 4 is 35.3 Å². The summed E-state index contributed by atoms with van der Waals surface area (Å²) in [6.07, 6.45) is -0.833. The van der Waals surface area contributed by atoms with Gasteiger partial charge in [0.25, 0.3) is 0 Å². The number of rotatable bonds is 5. The molecule has 0 saturated heterocycles. The number of amides is 1. The van der Waals surface area contributed by atoms with Gasteiger partial charge in [-0.05, 0) is 52.3 Å². The predicted molar refractivity (Wildman–Crippen MR) is 94.6 cm³/mol. The van der Waals surface area contributed by atoms with Crippen molar-refractivity contribution in [2.75, 3.05) is 0 Å². The summed E-state index contributed by atoms with van der Waals surface area (Å²) in [6, 6.07) is 4.04. The molecule has 1 atom stereocenters. The number of nitrogens with one attached hydrogen (secondary N) is 1. The molecule has 7 heteroatoms. The lowest BCUT2D eigenvalue weighted by Crippen LogP contribution is -2.46. The highest BCUT2D eigenvalue weighted by Crippen LogP contribution is 2.22. The molecule has 0 bridgehead atoms. The molecule has 0 unspecified atom stereocenters. The molecule has 0 radical (unpaired) electrons. The first-order valence-electron chi connectivity index (χ1n) is 7.62. The van der Waals surface area contributed by atoms with Gasteiger partial charge in [0.2, 0.25) is 0 Å². The molecule has 0 heterocycles. The molecule has 1 N–H and O–H groups in total. The first-order valence-corrected chi connectivity index (χ1v) is 8.37. The maximum atomic E-state index is 12.3. The summed E-state index contributed by atoms with van der Waals surface area (Å²) in [4.78, 5) is 24.3. The summed E-state index contributed by atoms with van der Waals surface area (Å²) in [5.74, 6) is -0.554. The summed E-state index contributed by atoms with van der Waals surface area (Å²) in [5, 5.41) is 3.45. The molecule has 1 rings (SSSR count). The third-order valence-corrected chi connectivity index (χ3v) is 3.35. The van der Waals surface area contributed by atoms with Crippen molar-refractivity contribution in [3.8, 4) is 0 Å². The summed E-state index contributed by atoms with van der Waals surface area (Å²) in [5.41, 5.74) is -0.00283. The largest absolute Gasteiger partial charge is 0.461 e. The zero-order valence-electron chi connectivity index (χ0n) is 14.5. The lowest BCUT2D eigenvalue weighted by atomic mass is 10.1. The molecule has 0 aromatic heterocycles. The molecule has 0 aliphatic rings. The van der Waals surface area contributed by atoms with Gasteiger partial charge in [-0.25, -0.2) is 9.59 Å². The van der Waals surface area contributed by atoms with Crippen molar-refractivity contribution in [1.82, 2.24) is 5.32 Å². The van der Waals surface area contributed by atoms with Crippen LogP contribution in [0.5, 0.6) is 0 Å². The molecule has 134 valence electrons. The second kappa shape index (κ2) is 8.58. The topological polar surface area (TPSA) is 64.6 Å². The van der Waals surface area contributed by atoms with Crippen LogP contribution in [0.2, 0.25) is 10.0 Å². The summed E-state index contributed by atoms with van der Waals surface area (Å²) < 4.78 is 10.4. The lowest BCUT2D eigenvalue weighted by Gasteiger charge is -2.23. The van der Waals surface area contributed by atoms with Gasteiger partial charge < -0.3 is 14.8 Å². The number of benzene rings is 1. The highest BCUT2D eigenvalue weighted by molar-refractivity contribution is 6.35. The van der Waals surface area contributed by atoms with Gasteiger partial charge in [-0.15, -0.1) is 0 Å². The molecular weight excluding hydrogens is 353 g/mol. The van der Waals surface area contributed by atoms with E-state index in [1.165, 1.54) is 0 Å². The third-order valence-electron chi connectivity index (χ3n) is 2.77. The molecular formula is C17H23Cl2NO4. The Labute approximate surface area is 152 Å². The number of halogens is 2. The first-order chi connectivity index (χ1) is 11.0. The second-order valence-corrected chi connectivity index (χ2v) is 7.47. The quantitative estimate of drug-likeness (QED) is 0.775. The Morgan fingerprint density at radius 2 is 1.83 bits per heavy atom. The van der Waals surface area contributed by atoms with Gasteiger partial charge in [-0.3, -0.25) is 0 Å². The van der Waals surface area contributed by atoms with Crippen LogP contribution in [-0.4, -0.2) is 29.8 Å².